The van der Waals surface area contributed by atoms with Crippen LogP contribution in [0.2, 0.25) is 0 Å². The molecule has 31 heavy (non-hydrogen) atoms. The summed E-state index contributed by atoms with van der Waals surface area (Å²) in [5, 5.41) is 6.54. The van der Waals surface area contributed by atoms with Crippen LogP contribution >= 0.6 is 0 Å². The second kappa shape index (κ2) is 13.0. The molecule has 0 aliphatic heterocycles. The number of ether oxygens (including phenoxy) is 1. The lowest BCUT2D eigenvalue weighted by Crippen LogP contribution is -2.38. The molecule has 0 radical (unpaired) electrons. The fourth-order valence-corrected chi connectivity index (χ4v) is 4.29. The van der Waals surface area contributed by atoms with Crippen LogP contribution in [-0.4, -0.2) is 40.1 Å². The van der Waals surface area contributed by atoms with E-state index in [1.807, 2.05) is 75.4 Å². The SMILES string of the molecule is CCNC(=NCc1ccc(CS(=O)(=O)NC(C)C)cc1)NCCCOc1ccccc1. The zero-order valence-electron chi connectivity index (χ0n) is 18.6. The average molecular weight is 447 g/mol. The zero-order valence-corrected chi connectivity index (χ0v) is 19.4. The van der Waals surface area contributed by atoms with E-state index in [1.165, 1.54) is 0 Å². The molecular formula is C23H34N4O3S. The lowest BCUT2D eigenvalue weighted by molar-refractivity contribution is 0.311. The predicted molar refractivity (Wildman–Crippen MR) is 127 cm³/mol. The molecule has 0 amide bonds. The highest BCUT2D eigenvalue weighted by molar-refractivity contribution is 7.88. The van der Waals surface area contributed by atoms with Crippen molar-refractivity contribution in [3.63, 3.8) is 0 Å². The van der Waals surface area contributed by atoms with Gasteiger partial charge in [-0.25, -0.2) is 18.1 Å². The highest BCUT2D eigenvalue weighted by atomic mass is 32.2. The van der Waals surface area contributed by atoms with E-state index in [1.54, 1.807) is 0 Å². The number of aliphatic imine (C=N–C) groups is 1. The number of sulfonamides is 1. The van der Waals surface area contributed by atoms with Crippen molar-refractivity contribution in [2.75, 3.05) is 19.7 Å². The molecule has 0 atom stereocenters. The Morgan fingerprint density at radius 3 is 2.32 bits per heavy atom. The minimum Gasteiger partial charge on any atom is -0.494 e. The van der Waals surface area contributed by atoms with E-state index < -0.39 is 10.0 Å². The van der Waals surface area contributed by atoms with E-state index in [4.69, 9.17) is 4.74 Å². The van der Waals surface area contributed by atoms with Crippen molar-refractivity contribution in [3.05, 3.63) is 65.7 Å². The van der Waals surface area contributed by atoms with Gasteiger partial charge in [-0.2, -0.15) is 0 Å². The maximum atomic E-state index is 12.1. The summed E-state index contributed by atoms with van der Waals surface area (Å²) in [5.41, 5.74) is 1.77. The van der Waals surface area contributed by atoms with Crippen LogP contribution in [0.5, 0.6) is 5.75 Å². The molecule has 0 bridgehead atoms. The molecule has 0 aliphatic carbocycles. The van der Waals surface area contributed by atoms with Gasteiger partial charge in [-0.3, -0.25) is 0 Å². The monoisotopic (exact) mass is 446 g/mol. The van der Waals surface area contributed by atoms with Gasteiger partial charge in [0.15, 0.2) is 5.96 Å². The van der Waals surface area contributed by atoms with Crippen LogP contribution in [-0.2, 0) is 22.3 Å². The van der Waals surface area contributed by atoms with Crippen molar-refractivity contribution < 1.29 is 13.2 Å². The Bertz CT molecular complexity index is 898. The highest BCUT2D eigenvalue weighted by Crippen LogP contribution is 2.10. The summed E-state index contributed by atoms with van der Waals surface area (Å²) in [4.78, 5) is 4.61. The number of rotatable bonds is 12. The fraction of sp³-hybridized carbons (Fsp3) is 0.435. The third-order valence-corrected chi connectivity index (χ3v) is 5.73. The molecule has 170 valence electrons. The normalized spacial score (nSPS) is 12.1. The third kappa shape index (κ3) is 10.3. The molecule has 0 heterocycles. The van der Waals surface area contributed by atoms with Crippen LogP contribution in [0.4, 0.5) is 0 Å². The summed E-state index contributed by atoms with van der Waals surface area (Å²) in [6.45, 7) is 8.30. The Morgan fingerprint density at radius 2 is 1.68 bits per heavy atom. The number of hydrogen-bond acceptors (Lipinski definition) is 4. The fourth-order valence-electron chi connectivity index (χ4n) is 2.86. The first kappa shape index (κ1) is 24.7. The van der Waals surface area contributed by atoms with Crippen LogP contribution in [0.25, 0.3) is 0 Å². The van der Waals surface area contributed by atoms with Crippen molar-refractivity contribution in [1.82, 2.24) is 15.4 Å². The molecule has 0 unspecified atom stereocenters. The van der Waals surface area contributed by atoms with E-state index in [2.05, 4.69) is 20.3 Å². The summed E-state index contributed by atoms with van der Waals surface area (Å²) >= 11 is 0. The maximum Gasteiger partial charge on any atom is 0.216 e. The number of nitrogens with one attached hydrogen (secondary N) is 3. The second-order valence-electron chi connectivity index (χ2n) is 7.49. The van der Waals surface area contributed by atoms with E-state index >= 15 is 0 Å². The van der Waals surface area contributed by atoms with Gasteiger partial charge in [-0.15, -0.1) is 0 Å². The van der Waals surface area contributed by atoms with E-state index in [9.17, 15) is 8.42 Å². The molecule has 0 saturated heterocycles. The van der Waals surface area contributed by atoms with Crippen LogP contribution in [0.1, 0.15) is 38.3 Å². The van der Waals surface area contributed by atoms with E-state index in [-0.39, 0.29) is 11.8 Å². The number of hydrogen-bond donors (Lipinski definition) is 3. The van der Waals surface area contributed by atoms with Crippen molar-refractivity contribution >= 4 is 16.0 Å². The maximum absolute atomic E-state index is 12.1. The molecule has 8 heteroatoms. The minimum absolute atomic E-state index is 0.0238. The zero-order chi connectivity index (χ0) is 22.5. The molecule has 2 aromatic rings. The summed E-state index contributed by atoms with van der Waals surface area (Å²) in [6.07, 6.45) is 0.854. The quantitative estimate of drug-likeness (QED) is 0.265. The third-order valence-electron chi connectivity index (χ3n) is 4.18. The summed E-state index contributed by atoms with van der Waals surface area (Å²) in [5.74, 6) is 1.60. The Hall–Kier alpha value is -2.58. The molecule has 0 spiro atoms. The molecule has 0 saturated carbocycles. The first-order valence-electron chi connectivity index (χ1n) is 10.7. The molecule has 2 aromatic carbocycles. The first-order chi connectivity index (χ1) is 14.9. The topological polar surface area (TPSA) is 91.8 Å². The molecule has 7 nitrogen and oxygen atoms in total. The van der Waals surface area contributed by atoms with Crippen molar-refractivity contribution in [3.8, 4) is 5.75 Å². The second-order valence-corrected chi connectivity index (χ2v) is 9.24. The van der Waals surface area contributed by atoms with E-state index in [0.29, 0.717) is 13.2 Å². The first-order valence-corrected chi connectivity index (χ1v) is 12.3. The largest absolute Gasteiger partial charge is 0.494 e. The Labute approximate surface area is 186 Å². The van der Waals surface area contributed by atoms with Gasteiger partial charge in [0, 0.05) is 19.1 Å². The molecule has 3 N–H and O–H groups in total. The van der Waals surface area contributed by atoms with Gasteiger partial charge in [0.1, 0.15) is 5.75 Å². The number of benzene rings is 2. The smallest absolute Gasteiger partial charge is 0.216 e. The Morgan fingerprint density at radius 1 is 1.00 bits per heavy atom. The van der Waals surface area contributed by atoms with E-state index in [0.717, 1.165) is 42.3 Å². The highest BCUT2D eigenvalue weighted by Gasteiger charge is 2.12. The molecule has 0 aliphatic rings. The van der Waals surface area contributed by atoms with Gasteiger partial charge in [0.25, 0.3) is 0 Å². The van der Waals surface area contributed by atoms with Gasteiger partial charge >= 0.3 is 0 Å². The Balaban J connectivity index is 1.80. The number of nitrogens with zero attached hydrogens (tertiary/aromatic N) is 1. The lowest BCUT2D eigenvalue weighted by atomic mass is 10.1. The Kier molecular flexibility index (Phi) is 10.3. The van der Waals surface area contributed by atoms with Gasteiger partial charge in [-0.05, 0) is 50.5 Å². The number of para-hydroxylation sites is 1. The molecule has 0 fully saturated rings. The molecule has 0 aromatic heterocycles. The molecule has 2 rings (SSSR count). The van der Waals surface area contributed by atoms with Crippen LogP contribution < -0.4 is 20.1 Å². The summed E-state index contributed by atoms with van der Waals surface area (Å²) in [6, 6.07) is 17.2. The minimum atomic E-state index is -3.32. The van der Waals surface area contributed by atoms with Gasteiger partial charge in [0.05, 0.1) is 18.9 Å². The van der Waals surface area contributed by atoms with Crippen LogP contribution in [0, 0.1) is 0 Å². The predicted octanol–water partition coefficient (Wildman–Crippen LogP) is 3.04. The van der Waals surface area contributed by atoms with Crippen molar-refractivity contribution in [2.45, 2.75) is 45.5 Å². The van der Waals surface area contributed by atoms with Gasteiger partial charge in [0.2, 0.25) is 10.0 Å². The van der Waals surface area contributed by atoms with Gasteiger partial charge in [-0.1, -0.05) is 42.5 Å². The number of guanidine groups is 1. The standard InChI is InChI=1S/C23H34N4O3S/c1-4-24-23(25-15-8-16-30-22-9-6-5-7-10-22)26-17-20-11-13-21(14-12-20)18-31(28,29)27-19(2)3/h5-7,9-14,19,27H,4,8,15-18H2,1-3H3,(H2,24,25,26). The van der Waals surface area contributed by atoms with Crippen LogP contribution in [0.3, 0.4) is 0 Å². The van der Waals surface area contributed by atoms with Crippen molar-refractivity contribution in [2.24, 2.45) is 4.99 Å². The molecular weight excluding hydrogens is 412 g/mol. The summed E-state index contributed by atoms with van der Waals surface area (Å²) in [7, 11) is -3.32. The lowest BCUT2D eigenvalue weighted by Gasteiger charge is -2.12. The van der Waals surface area contributed by atoms with Crippen LogP contribution in [0.15, 0.2) is 59.6 Å². The van der Waals surface area contributed by atoms with Gasteiger partial charge < -0.3 is 15.4 Å². The summed E-state index contributed by atoms with van der Waals surface area (Å²) < 4.78 is 32.4. The average Bonchev–Trinajstić information content (AvgIpc) is 2.72. The van der Waals surface area contributed by atoms with Crippen molar-refractivity contribution in [1.29, 1.82) is 0 Å².